The fourth-order valence-electron chi connectivity index (χ4n) is 2.26. The van der Waals surface area contributed by atoms with Gasteiger partial charge in [-0.15, -0.1) is 0 Å². The molecular weight excluding hydrogens is 332 g/mol. The standard InChI is InChI=1S/C16H15ClN4O3/c1-4-23-16(22)14-19-13(12-9(3)21-24-15(12)20-14)18-11-6-5-10(17)7-8(11)2/h5-7H,4H2,1-3H3,(H,18,19,20). The third kappa shape index (κ3) is 3.03. The van der Waals surface area contributed by atoms with Gasteiger partial charge >= 0.3 is 5.97 Å². The zero-order chi connectivity index (χ0) is 17.3. The van der Waals surface area contributed by atoms with Crippen molar-refractivity contribution in [3.63, 3.8) is 0 Å². The molecule has 0 atom stereocenters. The maximum absolute atomic E-state index is 12.0. The fraction of sp³-hybridized carbons (Fsp3) is 0.250. The largest absolute Gasteiger partial charge is 0.460 e. The van der Waals surface area contributed by atoms with Crippen molar-refractivity contribution in [3.8, 4) is 0 Å². The predicted octanol–water partition coefficient (Wildman–Crippen LogP) is 3.81. The number of nitrogens with zero attached hydrogens (tertiary/aromatic N) is 3. The zero-order valence-corrected chi connectivity index (χ0v) is 14.1. The van der Waals surface area contributed by atoms with E-state index >= 15 is 0 Å². The Bertz CT molecular complexity index is 923. The van der Waals surface area contributed by atoms with Gasteiger partial charge in [-0.25, -0.2) is 9.78 Å². The second-order valence-electron chi connectivity index (χ2n) is 5.15. The maximum Gasteiger partial charge on any atom is 0.376 e. The summed E-state index contributed by atoms with van der Waals surface area (Å²) < 4.78 is 10.1. The van der Waals surface area contributed by atoms with Crippen molar-refractivity contribution < 1.29 is 14.1 Å². The number of ether oxygens (including phenoxy) is 1. The van der Waals surface area contributed by atoms with Crippen LogP contribution >= 0.6 is 11.6 Å². The van der Waals surface area contributed by atoms with Crippen LogP contribution in [0.4, 0.5) is 11.5 Å². The second kappa shape index (κ2) is 6.45. The molecule has 2 heterocycles. The number of carbonyl (C=O) groups excluding carboxylic acids is 1. The van der Waals surface area contributed by atoms with Gasteiger partial charge in [-0.3, -0.25) is 0 Å². The zero-order valence-electron chi connectivity index (χ0n) is 13.4. The van der Waals surface area contributed by atoms with Crippen LogP contribution in [0.2, 0.25) is 5.02 Å². The molecule has 3 aromatic rings. The minimum absolute atomic E-state index is 0.0883. The number of nitrogens with one attached hydrogen (secondary N) is 1. The summed E-state index contributed by atoms with van der Waals surface area (Å²) in [5.74, 6) is -0.286. The number of anilines is 2. The fourth-order valence-corrected chi connectivity index (χ4v) is 2.49. The number of esters is 1. The molecule has 0 aliphatic heterocycles. The van der Waals surface area contributed by atoms with Gasteiger partial charge < -0.3 is 14.6 Å². The molecule has 0 spiro atoms. The van der Waals surface area contributed by atoms with E-state index in [0.29, 0.717) is 21.9 Å². The molecule has 1 N–H and O–H groups in total. The van der Waals surface area contributed by atoms with E-state index in [2.05, 4.69) is 20.4 Å². The normalized spacial score (nSPS) is 10.8. The molecule has 7 nitrogen and oxygen atoms in total. The van der Waals surface area contributed by atoms with Crippen LogP contribution in [0.1, 0.15) is 28.8 Å². The van der Waals surface area contributed by atoms with Crippen molar-refractivity contribution in [2.45, 2.75) is 20.8 Å². The molecule has 0 unspecified atom stereocenters. The van der Waals surface area contributed by atoms with Crippen molar-refractivity contribution in [3.05, 3.63) is 40.3 Å². The third-order valence-electron chi connectivity index (χ3n) is 3.41. The molecular formula is C16H15ClN4O3. The number of hydrogen-bond acceptors (Lipinski definition) is 7. The van der Waals surface area contributed by atoms with Gasteiger partial charge in [0.05, 0.1) is 12.3 Å². The smallest absolute Gasteiger partial charge is 0.376 e. The van der Waals surface area contributed by atoms with Gasteiger partial charge in [0, 0.05) is 10.7 Å². The number of benzene rings is 1. The Kier molecular flexibility index (Phi) is 4.35. The Balaban J connectivity index is 2.10. The Morgan fingerprint density at radius 1 is 1.33 bits per heavy atom. The van der Waals surface area contributed by atoms with Gasteiger partial charge in [0.25, 0.3) is 5.71 Å². The SMILES string of the molecule is CCOC(=O)c1nc(Nc2ccc(Cl)cc2C)c2c(C)noc2n1. The summed E-state index contributed by atoms with van der Waals surface area (Å²) >= 11 is 5.98. The van der Waals surface area contributed by atoms with Crippen LogP contribution in [0, 0.1) is 13.8 Å². The number of halogens is 1. The van der Waals surface area contributed by atoms with Gasteiger partial charge in [0.1, 0.15) is 11.2 Å². The molecule has 0 bridgehead atoms. The van der Waals surface area contributed by atoms with Crippen molar-refractivity contribution in [2.75, 3.05) is 11.9 Å². The lowest BCUT2D eigenvalue weighted by molar-refractivity contribution is 0.0512. The molecule has 0 saturated carbocycles. The lowest BCUT2D eigenvalue weighted by Gasteiger charge is -2.11. The monoisotopic (exact) mass is 346 g/mol. The molecule has 24 heavy (non-hydrogen) atoms. The lowest BCUT2D eigenvalue weighted by atomic mass is 10.2. The van der Waals surface area contributed by atoms with Gasteiger partial charge in [-0.2, -0.15) is 4.98 Å². The van der Waals surface area contributed by atoms with Crippen LogP contribution in [0.25, 0.3) is 11.1 Å². The molecule has 0 amide bonds. The lowest BCUT2D eigenvalue weighted by Crippen LogP contribution is -2.11. The molecule has 0 aliphatic carbocycles. The maximum atomic E-state index is 12.0. The van der Waals surface area contributed by atoms with E-state index in [-0.39, 0.29) is 18.1 Å². The minimum atomic E-state index is -0.621. The van der Waals surface area contributed by atoms with Crippen LogP contribution in [-0.4, -0.2) is 27.7 Å². The first kappa shape index (κ1) is 16.2. The van der Waals surface area contributed by atoms with Crippen LogP contribution < -0.4 is 5.32 Å². The van der Waals surface area contributed by atoms with Crippen LogP contribution in [0.5, 0.6) is 0 Å². The van der Waals surface area contributed by atoms with E-state index in [1.165, 1.54) is 0 Å². The predicted molar refractivity (Wildman–Crippen MR) is 89.8 cm³/mol. The van der Waals surface area contributed by atoms with E-state index in [4.69, 9.17) is 20.9 Å². The molecule has 0 saturated heterocycles. The highest BCUT2D eigenvalue weighted by Crippen LogP contribution is 2.29. The minimum Gasteiger partial charge on any atom is -0.460 e. The van der Waals surface area contributed by atoms with Gasteiger partial charge in [-0.05, 0) is 44.5 Å². The van der Waals surface area contributed by atoms with E-state index < -0.39 is 5.97 Å². The number of aromatic nitrogens is 3. The first-order valence-electron chi connectivity index (χ1n) is 7.34. The van der Waals surface area contributed by atoms with E-state index in [1.54, 1.807) is 19.9 Å². The summed E-state index contributed by atoms with van der Waals surface area (Å²) in [5, 5.41) is 8.33. The highest BCUT2D eigenvalue weighted by atomic mass is 35.5. The summed E-state index contributed by atoms with van der Waals surface area (Å²) in [5.41, 5.74) is 2.57. The average Bonchev–Trinajstić information content (AvgIpc) is 2.92. The van der Waals surface area contributed by atoms with E-state index in [1.807, 2.05) is 19.1 Å². The van der Waals surface area contributed by atoms with E-state index in [9.17, 15) is 4.79 Å². The first-order valence-corrected chi connectivity index (χ1v) is 7.71. The molecule has 124 valence electrons. The molecule has 0 fully saturated rings. The Hall–Kier alpha value is -2.67. The summed E-state index contributed by atoms with van der Waals surface area (Å²) in [6.45, 7) is 5.64. The van der Waals surface area contributed by atoms with Gasteiger partial charge in [-0.1, -0.05) is 16.8 Å². The first-order chi connectivity index (χ1) is 11.5. The average molecular weight is 347 g/mol. The molecule has 2 aromatic heterocycles. The summed E-state index contributed by atoms with van der Waals surface area (Å²) in [7, 11) is 0. The van der Waals surface area contributed by atoms with E-state index in [0.717, 1.165) is 11.3 Å². The summed E-state index contributed by atoms with van der Waals surface area (Å²) in [6.07, 6.45) is 0. The second-order valence-corrected chi connectivity index (χ2v) is 5.59. The number of carbonyl (C=O) groups is 1. The molecule has 0 radical (unpaired) electrons. The Morgan fingerprint density at radius 3 is 2.83 bits per heavy atom. The quantitative estimate of drug-likeness (QED) is 0.718. The Morgan fingerprint density at radius 2 is 2.12 bits per heavy atom. The number of hydrogen-bond donors (Lipinski definition) is 1. The molecule has 1 aromatic carbocycles. The van der Waals surface area contributed by atoms with Gasteiger partial charge in [0.15, 0.2) is 0 Å². The van der Waals surface area contributed by atoms with Gasteiger partial charge in [0.2, 0.25) is 5.82 Å². The molecule has 3 rings (SSSR count). The van der Waals surface area contributed by atoms with Crippen molar-refractivity contribution in [1.29, 1.82) is 0 Å². The molecule has 8 heteroatoms. The van der Waals surface area contributed by atoms with Crippen molar-refractivity contribution in [1.82, 2.24) is 15.1 Å². The van der Waals surface area contributed by atoms with Crippen molar-refractivity contribution >= 4 is 40.2 Å². The number of aryl methyl sites for hydroxylation is 2. The van der Waals surface area contributed by atoms with Crippen LogP contribution in [-0.2, 0) is 4.74 Å². The molecule has 0 aliphatic rings. The summed E-state index contributed by atoms with van der Waals surface area (Å²) in [6, 6.07) is 5.43. The van der Waals surface area contributed by atoms with Crippen LogP contribution in [0.15, 0.2) is 22.7 Å². The number of rotatable bonds is 4. The number of fused-ring (bicyclic) bond motifs is 1. The highest BCUT2D eigenvalue weighted by molar-refractivity contribution is 6.30. The Labute approximate surface area is 143 Å². The topological polar surface area (TPSA) is 90.1 Å². The summed E-state index contributed by atoms with van der Waals surface area (Å²) in [4.78, 5) is 20.3. The third-order valence-corrected chi connectivity index (χ3v) is 3.64. The highest BCUT2D eigenvalue weighted by Gasteiger charge is 2.20. The van der Waals surface area contributed by atoms with Crippen LogP contribution in [0.3, 0.4) is 0 Å². The van der Waals surface area contributed by atoms with Crippen molar-refractivity contribution in [2.24, 2.45) is 0 Å².